The maximum atomic E-state index is 4.52. The Bertz CT molecular complexity index is 320. The lowest BCUT2D eigenvalue weighted by Gasteiger charge is -2.27. The normalized spacial score (nSPS) is 15.1. The zero-order valence-corrected chi connectivity index (χ0v) is 11.1. The van der Waals surface area contributed by atoms with Gasteiger partial charge in [-0.1, -0.05) is 20.8 Å². The van der Waals surface area contributed by atoms with Crippen LogP contribution in [0, 0.1) is 12.8 Å². The summed E-state index contributed by atoms with van der Waals surface area (Å²) in [5, 5.41) is 3.50. The van der Waals surface area contributed by atoms with Gasteiger partial charge in [-0.05, 0) is 44.0 Å². The summed E-state index contributed by atoms with van der Waals surface area (Å²) in [4.78, 5) is 4.52. The molecule has 2 atom stereocenters. The van der Waals surface area contributed by atoms with Gasteiger partial charge in [0.15, 0.2) is 0 Å². The zero-order valence-electron chi connectivity index (χ0n) is 11.1. The first kappa shape index (κ1) is 13.2. The van der Waals surface area contributed by atoms with Crippen molar-refractivity contribution in [3.8, 4) is 0 Å². The van der Waals surface area contributed by atoms with Crippen LogP contribution in [-0.2, 0) is 0 Å². The molecule has 0 saturated carbocycles. The second-order valence-corrected chi connectivity index (χ2v) is 4.87. The van der Waals surface area contributed by atoms with E-state index in [0.29, 0.717) is 17.9 Å². The molecule has 90 valence electrons. The number of nitrogens with zero attached hydrogens (tertiary/aromatic N) is 1. The van der Waals surface area contributed by atoms with E-state index >= 15 is 0 Å². The minimum atomic E-state index is 0.472. The van der Waals surface area contributed by atoms with Crippen LogP contribution in [0.4, 0.5) is 0 Å². The fraction of sp³-hybridized carbons (Fsp3) is 0.643. The zero-order chi connectivity index (χ0) is 12.1. The van der Waals surface area contributed by atoms with Crippen LogP contribution in [0.5, 0.6) is 0 Å². The Morgan fingerprint density at radius 1 is 1.31 bits per heavy atom. The highest BCUT2D eigenvalue weighted by Gasteiger charge is 2.23. The largest absolute Gasteiger partial charge is 0.314 e. The third-order valence-electron chi connectivity index (χ3n) is 3.06. The lowest BCUT2D eigenvalue weighted by Crippen LogP contribution is -2.35. The van der Waals surface area contributed by atoms with Gasteiger partial charge < -0.3 is 5.32 Å². The lowest BCUT2D eigenvalue weighted by atomic mass is 9.85. The Morgan fingerprint density at radius 2 is 2.00 bits per heavy atom. The van der Waals surface area contributed by atoms with Crippen molar-refractivity contribution in [2.75, 3.05) is 6.54 Å². The number of pyridine rings is 1. The van der Waals surface area contributed by atoms with Gasteiger partial charge in [-0.2, -0.15) is 0 Å². The maximum absolute atomic E-state index is 4.52. The topological polar surface area (TPSA) is 24.9 Å². The van der Waals surface area contributed by atoms with Crippen molar-refractivity contribution < 1.29 is 0 Å². The Labute approximate surface area is 99.5 Å². The second kappa shape index (κ2) is 6.00. The molecule has 0 aliphatic rings. The molecule has 0 saturated heterocycles. The first-order valence-corrected chi connectivity index (χ1v) is 6.22. The Balaban J connectivity index is 2.93. The number of hydrogen-bond acceptors (Lipinski definition) is 2. The molecule has 0 spiro atoms. The predicted octanol–water partition coefficient (Wildman–Crippen LogP) is 3.13. The highest BCUT2D eigenvalue weighted by Crippen LogP contribution is 2.26. The monoisotopic (exact) mass is 220 g/mol. The van der Waals surface area contributed by atoms with E-state index in [1.165, 1.54) is 11.3 Å². The van der Waals surface area contributed by atoms with Crippen molar-refractivity contribution in [3.05, 3.63) is 29.6 Å². The molecule has 1 rings (SSSR count). The third kappa shape index (κ3) is 3.31. The predicted molar refractivity (Wildman–Crippen MR) is 69.7 cm³/mol. The molecule has 2 nitrogen and oxygen atoms in total. The Kier molecular flexibility index (Phi) is 4.94. The van der Waals surface area contributed by atoms with Crippen molar-refractivity contribution in [1.29, 1.82) is 0 Å². The minimum Gasteiger partial charge on any atom is -0.314 e. The van der Waals surface area contributed by atoms with E-state index < -0.39 is 0 Å². The molecule has 0 aliphatic carbocycles. The van der Waals surface area contributed by atoms with E-state index in [2.05, 4.69) is 57.1 Å². The summed E-state index contributed by atoms with van der Waals surface area (Å²) in [5.41, 5.74) is 2.50. The van der Waals surface area contributed by atoms with Gasteiger partial charge in [0, 0.05) is 23.9 Å². The standard InChI is InChI=1S/C14H24N2/c1-6-15-12(5)14(10(2)3)13-9-11(4)7-8-16-13/h7-10,12,14-15H,6H2,1-5H3. The fourth-order valence-corrected chi connectivity index (χ4v) is 2.37. The molecule has 0 bridgehead atoms. The van der Waals surface area contributed by atoms with Crippen LogP contribution in [-0.4, -0.2) is 17.6 Å². The van der Waals surface area contributed by atoms with Crippen molar-refractivity contribution in [3.63, 3.8) is 0 Å². The minimum absolute atomic E-state index is 0.472. The highest BCUT2D eigenvalue weighted by molar-refractivity contribution is 5.19. The number of aromatic nitrogens is 1. The molecule has 1 aromatic rings. The first-order valence-electron chi connectivity index (χ1n) is 6.22. The molecule has 1 N–H and O–H groups in total. The van der Waals surface area contributed by atoms with Gasteiger partial charge in [-0.3, -0.25) is 4.98 Å². The van der Waals surface area contributed by atoms with Crippen LogP contribution in [0.3, 0.4) is 0 Å². The molecule has 1 heterocycles. The van der Waals surface area contributed by atoms with Gasteiger partial charge in [-0.25, -0.2) is 0 Å². The molecule has 0 fully saturated rings. The van der Waals surface area contributed by atoms with Gasteiger partial charge in [0.1, 0.15) is 0 Å². The van der Waals surface area contributed by atoms with Gasteiger partial charge in [-0.15, -0.1) is 0 Å². The van der Waals surface area contributed by atoms with Crippen molar-refractivity contribution >= 4 is 0 Å². The van der Waals surface area contributed by atoms with Crippen LogP contribution in [0.1, 0.15) is 44.9 Å². The summed E-state index contributed by atoms with van der Waals surface area (Å²) in [6.07, 6.45) is 1.92. The lowest BCUT2D eigenvalue weighted by molar-refractivity contribution is 0.376. The third-order valence-corrected chi connectivity index (χ3v) is 3.06. The van der Waals surface area contributed by atoms with Crippen LogP contribution < -0.4 is 5.32 Å². The molecule has 16 heavy (non-hydrogen) atoms. The number of hydrogen-bond donors (Lipinski definition) is 1. The molecule has 0 aliphatic heterocycles. The van der Waals surface area contributed by atoms with E-state index in [1.807, 2.05) is 6.20 Å². The summed E-state index contributed by atoms with van der Waals surface area (Å²) < 4.78 is 0. The maximum Gasteiger partial charge on any atom is 0.0455 e. The Morgan fingerprint density at radius 3 is 2.50 bits per heavy atom. The molecule has 0 aromatic carbocycles. The molecule has 0 radical (unpaired) electrons. The molecule has 2 heteroatoms. The summed E-state index contributed by atoms with van der Waals surface area (Å²) in [6.45, 7) is 12.1. The van der Waals surface area contributed by atoms with Crippen molar-refractivity contribution in [2.24, 2.45) is 5.92 Å². The fourth-order valence-electron chi connectivity index (χ4n) is 2.37. The van der Waals surface area contributed by atoms with Gasteiger partial charge in [0.05, 0.1) is 0 Å². The van der Waals surface area contributed by atoms with Crippen LogP contribution in [0.15, 0.2) is 18.3 Å². The summed E-state index contributed by atoms with van der Waals surface area (Å²) in [5.74, 6) is 1.09. The van der Waals surface area contributed by atoms with Crippen molar-refractivity contribution in [2.45, 2.75) is 46.6 Å². The number of likely N-dealkylation sites (N-methyl/N-ethyl adjacent to an activating group) is 1. The molecule has 0 amide bonds. The van der Waals surface area contributed by atoms with E-state index in [4.69, 9.17) is 0 Å². The molecule has 1 aromatic heterocycles. The number of aryl methyl sites for hydroxylation is 1. The first-order chi connectivity index (χ1) is 7.56. The van der Waals surface area contributed by atoms with Crippen LogP contribution in [0.25, 0.3) is 0 Å². The van der Waals surface area contributed by atoms with Gasteiger partial charge in [0.2, 0.25) is 0 Å². The van der Waals surface area contributed by atoms with Gasteiger partial charge >= 0.3 is 0 Å². The summed E-state index contributed by atoms with van der Waals surface area (Å²) >= 11 is 0. The summed E-state index contributed by atoms with van der Waals surface area (Å²) in [7, 11) is 0. The molecular formula is C14H24N2. The number of rotatable bonds is 5. The molecular weight excluding hydrogens is 196 g/mol. The average Bonchev–Trinajstić information content (AvgIpc) is 2.17. The average molecular weight is 220 g/mol. The highest BCUT2D eigenvalue weighted by atomic mass is 14.9. The van der Waals surface area contributed by atoms with E-state index in [1.54, 1.807) is 0 Å². The molecule has 2 unspecified atom stereocenters. The van der Waals surface area contributed by atoms with E-state index in [0.717, 1.165) is 6.54 Å². The second-order valence-electron chi connectivity index (χ2n) is 4.87. The van der Waals surface area contributed by atoms with E-state index in [-0.39, 0.29) is 0 Å². The summed E-state index contributed by atoms with van der Waals surface area (Å²) in [6, 6.07) is 4.73. The smallest absolute Gasteiger partial charge is 0.0455 e. The van der Waals surface area contributed by atoms with Crippen LogP contribution >= 0.6 is 0 Å². The SMILES string of the molecule is CCNC(C)C(c1cc(C)ccn1)C(C)C. The quantitative estimate of drug-likeness (QED) is 0.824. The van der Waals surface area contributed by atoms with Crippen LogP contribution in [0.2, 0.25) is 0 Å². The number of nitrogens with one attached hydrogen (secondary N) is 1. The van der Waals surface area contributed by atoms with Crippen molar-refractivity contribution in [1.82, 2.24) is 10.3 Å². The van der Waals surface area contributed by atoms with E-state index in [9.17, 15) is 0 Å². The van der Waals surface area contributed by atoms with Gasteiger partial charge in [0.25, 0.3) is 0 Å². The Hall–Kier alpha value is -0.890.